The summed E-state index contributed by atoms with van der Waals surface area (Å²) in [6.07, 6.45) is 4.49. The van der Waals surface area contributed by atoms with Crippen molar-refractivity contribution in [2.45, 2.75) is 23.8 Å². The molecule has 1 aromatic rings. The summed E-state index contributed by atoms with van der Waals surface area (Å²) in [5.41, 5.74) is 0. The number of aromatic nitrogens is 2. The third kappa shape index (κ3) is 4.33. The van der Waals surface area contributed by atoms with Crippen LogP contribution in [0.1, 0.15) is 12.8 Å². The maximum absolute atomic E-state index is 12.4. The van der Waals surface area contributed by atoms with Gasteiger partial charge in [-0.3, -0.25) is 0 Å². The number of nitrogens with zero attached hydrogens (tertiary/aromatic N) is 3. The molecule has 1 saturated heterocycles. The SMILES string of the molecule is CS(=O)(=O)NC1CCCN(S(=O)(=O)c2cnc(Cl)nc2)C1. The van der Waals surface area contributed by atoms with Crippen molar-refractivity contribution in [3.05, 3.63) is 17.7 Å². The maximum Gasteiger partial charge on any atom is 0.246 e. The first-order valence-electron chi connectivity index (χ1n) is 6.13. The molecule has 2 rings (SSSR count). The number of hydrogen-bond acceptors (Lipinski definition) is 6. The molecule has 0 radical (unpaired) electrons. The Morgan fingerprint density at radius 1 is 1.29 bits per heavy atom. The fourth-order valence-electron chi connectivity index (χ4n) is 2.14. The first-order chi connectivity index (χ1) is 9.68. The molecule has 118 valence electrons. The Hall–Kier alpha value is -0.810. The molecule has 0 amide bonds. The second-order valence-corrected chi connectivity index (χ2v) is 8.84. The zero-order valence-corrected chi connectivity index (χ0v) is 13.6. The number of nitrogens with one attached hydrogen (secondary N) is 1. The number of sulfonamides is 2. The van der Waals surface area contributed by atoms with Gasteiger partial charge >= 0.3 is 0 Å². The highest BCUT2D eigenvalue weighted by Crippen LogP contribution is 2.20. The molecule has 0 aromatic carbocycles. The van der Waals surface area contributed by atoms with E-state index < -0.39 is 26.1 Å². The number of piperidine rings is 1. The standard InChI is InChI=1S/C10H15ClN4O4S2/c1-20(16,17)14-8-3-2-4-15(7-8)21(18,19)9-5-12-10(11)13-6-9/h5-6,8,14H,2-4,7H2,1H3. The molecule has 8 nitrogen and oxygen atoms in total. The van der Waals surface area contributed by atoms with E-state index in [2.05, 4.69) is 14.7 Å². The minimum absolute atomic E-state index is 0.0378. The van der Waals surface area contributed by atoms with Crippen molar-refractivity contribution in [1.29, 1.82) is 0 Å². The van der Waals surface area contributed by atoms with Gasteiger partial charge < -0.3 is 0 Å². The van der Waals surface area contributed by atoms with Crippen LogP contribution in [-0.2, 0) is 20.0 Å². The third-order valence-electron chi connectivity index (χ3n) is 3.00. The van der Waals surface area contributed by atoms with Gasteiger partial charge in [0.25, 0.3) is 0 Å². The molecule has 0 aliphatic carbocycles. The summed E-state index contributed by atoms with van der Waals surface area (Å²) in [5, 5.41) is -0.0378. The van der Waals surface area contributed by atoms with Gasteiger partial charge in [0, 0.05) is 19.1 Å². The van der Waals surface area contributed by atoms with Crippen LogP contribution in [0, 0.1) is 0 Å². The Morgan fingerprint density at radius 3 is 2.48 bits per heavy atom. The second-order valence-electron chi connectivity index (χ2n) is 4.78. The van der Waals surface area contributed by atoms with Crippen molar-refractivity contribution >= 4 is 31.6 Å². The van der Waals surface area contributed by atoms with Crippen LogP contribution in [0.2, 0.25) is 5.28 Å². The summed E-state index contributed by atoms with van der Waals surface area (Å²) in [4.78, 5) is 7.25. The van der Waals surface area contributed by atoms with Crippen LogP contribution < -0.4 is 4.72 Å². The predicted molar refractivity (Wildman–Crippen MR) is 76.8 cm³/mol. The van der Waals surface area contributed by atoms with Gasteiger partial charge in [-0.2, -0.15) is 4.31 Å². The summed E-state index contributed by atoms with van der Waals surface area (Å²) in [7, 11) is -7.13. The Balaban J connectivity index is 2.18. The van der Waals surface area contributed by atoms with Crippen molar-refractivity contribution in [2.24, 2.45) is 0 Å². The van der Waals surface area contributed by atoms with Crippen LogP contribution >= 0.6 is 11.6 Å². The molecular weight excluding hydrogens is 340 g/mol. The lowest BCUT2D eigenvalue weighted by Crippen LogP contribution is -2.49. The van der Waals surface area contributed by atoms with Crippen LogP contribution in [0.5, 0.6) is 0 Å². The van der Waals surface area contributed by atoms with Gasteiger partial charge in [-0.15, -0.1) is 0 Å². The lowest BCUT2D eigenvalue weighted by Gasteiger charge is -2.31. The van der Waals surface area contributed by atoms with Crippen LogP contribution in [0.15, 0.2) is 17.3 Å². The molecule has 2 heterocycles. The van der Waals surface area contributed by atoms with E-state index in [1.165, 1.54) is 4.31 Å². The van der Waals surface area contributed by atoms with E-state index >= 15 is 0 Å². The Bertz CT molecular complexity index is 705. The van der Waals surface area contributed by atoms with E-state index in [4.69, 9.17) is 11.6 Å². The second kappa shape index (κ2) is 6.13. The normalized spacial score (nSPS) is 21.3. The highest BCUT2D eigenvalue weighted by Gasteiger charge is 2.31. The average Bonchev–Trinajstić information content (AvgIpc) is 2.37. The molecule has 1 aliphatic rings. The summed E-state index contributed by atoms with van der Waals surface area (Å²) < 4.78 is 51.0. The summed E-state index contributed by atoms with van der Waals surface area (Å²) >= 11 is 5.54. The van der Waals surface area contributed by atoms with Crippen LogP contribution in [-0.4, -0.2) is 56.5 Å². The van der Waals surface area contributed by atoms with Gasteiger partial charge in [-0.1, -0.05) is 0 Å². The van der Waals surface area contributed by atoms with E-state index in [9.17, 15) is 16.8 Å². The molecule has 1 aromatic heterocycles. The molecule has 21 heavy (non-hydrogen) atoms. The van der Waals surface area contributed by atoms with Crippen LogP contribution in [0.25, 0.3) is 0 Å². The highest BCUT2D eigenvalue weighted by atomic mass is 35.5. The van der Waals surface area contributed by atoms with Crippen molar-refractivity contribution in [1.82, 2.24) is 19.0 Å². The van der Waals surface area contributed by atoms with E-state index in [0.29, 0.717) is 19.4 Å². The molecule has 11 heteroatoms. The number of hydrogen-bond donors (Lipinski definition) is 1. The largest absolute Gasteiger partial charge is 0.246 e. The van der Waals surface area contributed by atoms with Crippen LogP contribution in [0.4, 0.5) is 0 Å². The predicted octanol–water partition coefficient (Wildman–Crippen LogP) is -0.168. The van der Waals surface area contributed by atoms with Crippen molar-refractivity contribution < 1.29 is 16.8 Å². The minimum atomic E-state index is -3.75. The van der Waals surface area contributed by atoms with E-state index in [1.807, 2.05) is 0 Å². The average molecular weight is 355 g/mol. The molecule has 0 spiro atoms. The zero-order valence-electron chi connectivity index (χ0n) is 11.2. The highest BCUT2D eigenvalue weighted by molar-refractivity contribution is 7.89. The van der Waals surface area contributed by atoms with Gasteiger partial charge in [0.1, 0.15) is 4.90 Å². The van der Waals surface area contributed by atoms with Crippen molar-refractivity contribution in [2.75, 3.05) is 19.3 Å². The van der Waals surface area contributed by atoms with Gasteiger partial charge in [0.15, 0.2) is 0 Å². The quantitative estimate of drug-likeness (QED) is 0.752. The van der Waals surface area contributed by atoms with Gasteiger partial charge in [0.2, 0.25) is 25.3 Å². The van der Waals surface area contributed by atoms with Gasteiger partial charge in [0.05, 0.1) is 18.6 Å². The Morgan fingerprint density at radius 2 is 1.90 bits per heavy atom. The number of rotatable bonds is 4. The van der Waals surface area contributed by atoms with Crippen LogP contribution in [0.3, 0.4) is 0 Å². The summed E-state index contributed by atoms with van der Waals surface area (Å²) in [6.45, 7) is 0.408. The Kier molecular flexibility index (Phi) is 4.83. The zero-order chi connectivity index (χ0) is 15.7. The first-order valence-corrected chi connectivity index (χ1v) is 9.84. The maximum atomic E-state index is 12.4. The molecule has 1 fully saturated rings. The summed E-state index contributed by atoms with van der Waals surface area (Å²) in [6, 6.07) is -0.434. The summed E-state index contributed by atoms with van der Waals surface area (Å²) in [5.74, 6) is 0. The Labute approximate surface area is 128 Å². The smallest absolute Gasteiger partial charge is 0.225 e. The van der Waals surface area contributed by atoms with E-state index in [-0.39, 0.29) is 16.7 Å². The fourth-order valence-corrected chi connectivity index (χ4v) is 4.45. The molecule has 0 bridgehead atoms. The monoisotopic (exact) mass is 354 g/mol. The van der Waals surface area contributed by atoms with Crippen molar-refractivity contribution in [3.8, 4) is 0 Å². The van der Waals surface area contributed by atoms with Crippen molar-refractivity contribution in [3.63, 3.8) is 0 Å². The molecule has 1 unspecified atom stereocenters. The lowest BCUT2D eigenvalue weighted by molar-refractivity contribution is 0.303. The molecular formula is C10H15ClN4O4S2. The molecule has 0 saturated carbocycles. The van der Waals surface area contributed by atoms with Gasteiger partial charge in [-0.05, 0) is 24.4 Å². The third-order valence-corrected chi connectivity index (χ3v) is 5.77. The molecule has 1 aliphatic heterocycles. The first kappa shape index (κ1) is 16.6. The van der Waals surface area contributed by atoms with E-state index in [1.54, 1.807) is 0 Å². The van der Waals surface area contributed by atoms with E-state index in [0.717, 1.165) is 18.6 Å². The fraction of sp³-hybridized carbons (Fsp3) is 0.600. The lowest BCUT2D eigenvalue weighted by atomic mass is 10.1. The molecule has 1 atom stereocenters. The van der Waals surface area contributed by atoms with Gasteiger partial charge in [-0.25, -0.2) is 31.5 Å². The number of halogens is 1. The minimum Gasteiger partial charge on any atom is -0.225 e. The topological polar surface area (TPSA) is 109 Å². The molecule has 1 N–H and O–H groups in total.